The summed E-state index contributed by atoms with van der Waals surface area (Å²) in [4.78, 5) is 14.3. The van der Waals surface area contributed by atoms with Crippen molar-refractivity contribution in [1.29, 1.82) is 0 Å². The molecule has 0 radical (unpaired) electrons. The zero-order valence-corrected chi connectivity index (χ0v) is 14.4. The molecule has 23 heavy (non-hydrogen) atoms. The van der Waals surface area contributed by atoms with Gasteiger partial charge in [0.25, 0.3) is 0 Å². The van der Waals surface area contributed by atoms with Gasteiger partial charge in [-0.3, -0.25) is 9.69 Å². The summed E-state index contributed by atoms with van der Waals surface area (Å²) in [6, 6.07) is 4.25. The molecule has 1 N–H and O–H groups in total. The van der Waals surface area contributed by atoms with Gasteiger partial charge in [0.2, 0.25) is 5.91 Å². The van der Waals surface area contributed by atoms with Crippen LogP contribution in [0.5, 0.6) is 0 Å². The highest BCUT2D eigenvalue weighted by molar-refractivity contribution is 5.78. The summed E-state index contributed by atoms with van der Waals surface area (Å²) < 4.78 is 11.8. The minimum Gasteiger partial charge on any atom is -0.465 e. The number of carbonyl (C=O) groups is 1. The van der Waals surface area contributed by atoms with Gasteiger partial charge in [0.1, 0.15) is 11.5 Å². The molecule has 1 atom stereocenters. The molecule has 5 heteroatoms. The monoisotopic (exact) mass is 320 g/mol. The highest BCUT2D eigenvalue weighted by Gasteiger charge is 2.43. The lowest BCUT2D eigenvalue weighted by Gasteiger charge is -2.38. The first-order valence-electron chi connectivity index (χ1n) is 8.68. The van der Waals surface area contributed by atoms with E-state index in [0.29, 0.717) is 6.61 Å². The van der Waals surface area contributed by atoms with Crippen molar-refractivity contribution in [1.82, 2.24) is 10.2 Å². The number of amides is 1. The fraction of sp³-hybridized carbons (Fsp3) is 0.722. The van der Waals surface area contributed by atoms with Gasteiger partial charge in [-0.05, 0) is 38.3 Å². The van der Waals surface area contributed by atoms with Crippen molar-refractivity contribution >= 4 is 5.91 Å². The topological polar surface area (TPSA) is 54.7 Å². The highest BCUT2D eigenvalue weighted by atomic mass is 16.5. The molecular formula is C18H28N2O3. The van der Waals surface area contributed by atoms with Gasteiger partial charge in [-0.1, -0.05) is 13.8 Å². The maximum atomic E-state index is 11.8. The van der Waals surface area contributed by atoms with Crippen LogP contribution in [0.25, 0.3) is 0 Å². The number of nitrogens with one attached hydrogen (secondary N) is 1. The Morgan fingerprint density at radius 2 is 2.13 bits per heavy atom. The van der Waals surface area contributed by atoms with Crippen LogP contribution < -0.4 is 5.32 Å². The van der Waals surface area contributed by atoms with Crippen LogP contribution in [0.1, 0.15) is 44.6 Å². The first-order chi connectivity index (χ1) is 11.0. The van der Waals surface area contributed by atoms with Crippen molar-refractivity contribution in [2.75, 3.05) is 19.7 Å². The van der Waals surface area contributed by atoms with Crippen LogP contribution in [0, 0.1) is 12.8 Å². The van der Waals surface area contributed by atoms with Crippen molar-refractivity contribution in [3.8, 4) is 0 Å². The molecule has 1 spiro atoms. The molecule has 3 rings (SSSR count). The standard InChI is InChI=1S/C18H28N2O3/c1-13(2)17(21)19-15-10-18(22-12-15)6-8-20(9-7-18)11-16-5-4-14(3)23-16/h4-5,13,15H,6-12H2,1-3H3,(H,19,21). The van der Waals surface area contributed by atoms with E-state index in [2.05, 4.69) is 16.3 Å². The van der Waals surface area contributed by atoms with Gasteiger partial charge in [-0.2, -0.15) is 0 Å². The first-order valence-corrected chi connectivity index (χ1v) is 8.68. The Labute approximate surface area is 138 Å². The Balaban J connectivity index is 1.48. The third kappa shape index (κ3) is 3.96. The molecule has 2 aliphatic heterocycles. The van der Waals surface area contributed by atoms with Gasteiger partial charge in [0.05, 0.1) is 24.8 Å². The fourth-order valence-corrected chi connectivity index (χ4v) is 3.56. The molecule has 0 saturated carbocycles. The van der Waals surface area contributed by atoms with Crippen molar-refractivity contribution < 1.29 is 13.9 Å². The van der Waals surface area contributed by atoms with Gasteiger partial charge in [-0.25, -0.2) is 0 Å². The van der Waals surface area contributed by atoms with Crippen LogP contribution in [0.3, 0.4) is 0 Å². The summed E-state index contributed by atoms with van der Waals surface area (Å²) in [7, 11) is 0. The third-order valence-corrected chi connectivity index (χ3v) is 5.02. The van der Waals surface area contributed by atoms with E-state index in [9.17, 15) is 4.79 Å². The van der Waals surface area contributed by atoms with Gasteiger partial charge in [0, 0.05) is 19.0 Å². The molecule has 3 heterocycles. The zero-order valence-electron chi connectivity index (χ0n) is 14.4. The molecule has 1 aromatic rings. The summed E-state index contributed by atoms with van der Waals surface area (Å²) in [5.41, 5.74) is -0.0372. The van der Waals surface area contributed by atoms with Gasteiger partial charge < -0.3 is 14.5 Å². The normalized spacial score (nSPS) is 24.4. The van der Waals surface area contributed by atoms with E-state index in [1.807, 2.05) is 26.8 Å². The quantitative estimate of drug-likeness (QED) is 0.926. The largest absolute Gasteiger partial charge is 0.465 e. The number of likely N-dealkylation sites (tertiary alicyclic amines) is 1. The van der Waals surface area contributed by atoms with Crippen LogP contribution >= 0.6 is 0 Å². The molecular weight excluding hydrogens is 292 g/mol. The Hall–Kier alpha value is -1.33. The Bertz CT molecular complexity index is 544. The number of carbonyl (C=O) groups excluding carboxylic acids is 1. The molecule has 2 saturated heterocycles. The van der Waals surface area contributed by atoms with E-state index >= 15 is 0 Å². The second-order valence-electron chi connectivity index (χ2n) is 7.35. The van der Waals surface area contributed by atoms with Crippen molar-refractivity contribution in [2.45, 2.75) is 58.2 Å². The SMILES string of the molecule is Cc1ccc(CN2CCC3(CC2)CC(NC(=O)C(C)C)CO3)o1. The predicted octanol–water partition coefficient (Wildman–Crippen LogP) is 2.48. The molecule has 5 nitrogen and oxygen atoms in total. The van der Waals surface area contributed by atoms with Gasteiger partial charge >= 0.3 is 0 Å². The number of hydrogen-bond donors (Lipinski definition) is 1. The Morgan fingerprint density at radius 1 is 1.39 bits per heavy atom. The number of nitrogens with zero attached hydrogens (tertiary/aromatic N) is 1. The summed E-state index contributed by atoms with van der Waals surface area (Å²) in [6.45, 7) is 9.39. The number of hydrogen-bond acceptors (Lipinski definition) is 4. The molecule has 1 aromatic heterocycles. The molecule has 0 aliphatic carbocycles. The zero-order chi connectivity index (χ0) is 16.4. The van der Waals surface area contributed by atoms with Crippen molar-refractivity contribution in [3.05, 3.63) is 23.7 Å². The van der Waals surface area contributed by atoms with Crippen LogP contribution in [0.15, 0.2) is 16.5 Å². The van der Waals surface area contributed by atoms with Crippen LogP contribution in [0.2, 0.25) is 0 Å². The van der Waals surface area contributed by atoms with Crippen molar-refractivity contribution in [3.63, 3.8) is 0 Å². The average molecular weight is 320 g/mol. The van der Waals surface area contributed by atoms with Gasteiger partial charge in [-0.15, -0.1) is 0 Å². The van der Waals surface area contributed by atoms with E-state index in [4.69, 9.17) is 9.15 Å². The summed E-state index contributed by atoms with van der Waals surface area (Å²) >= 11 is 0. The average Bonchev–Trinajstić information content (AvgIpc) is 3.09. The number of ether oxygens (including phenoxy) is 1. The number of piperidine rings is 1. The molecule has 2 fully saturated rings. The molecule has 0 bridgehead atoms. The van der Waals surface area contributed by atoms with E-state index < -0.39 is 0 Å². The van der Waals surface area contributed by atoms with E-state index in [-0.39, 0.29) is 23.5 Å². The lowest BCUT2D eigenvalue weighted by Crippen LogP contribution is -2.45. The van der Waals surface area contributed by atoms with Gasteiger partial charge in [0.15, 0.2) is 0 Å². The number of rotatable bonds is 4. The summed E-state index contributed by atoms with van der Waals surface area (Å²) in [6.07, 6.45) is 3.00. The third-order valence-electron chi connectivity index (χ3n) is 5.02. The fourth-order valence-electron chi connectivity index (χ4n) is 3.56. The van der Waals surface area contributed by atoms with E-state index in [1.165, 1.54) is 0 Å². The second kappa shape index (κ2) is 6.65. The Kier molecular flexibility index (Phi) is 4.78. The van der Waals surface area contributed by atoms with E-state index in [0.717, 1.165) is 50.4 Å². The molecule has 0 aromatic carbocycles. The highest BCUT2D eigenvalue weighted by Crippen LogP contribution is 2.36. The van der Waals surface area contributed by atoms with Crippen LogP contribution in [-0.2, 0) is 16.1 Å². The smallest absolute Gasteiger partial charge is 0.222 e. The molecule has 128 valence electrons. The second-order valence-corrected chi connectivity index (χ2v) is 7.35. The first kappa shape index (κ1) is 16.5. The van der Waals surface area contributed by atoms with Crippen LogP contribution in [-0.4, -0.2) is 42.1 Å². The minimum absolute atomic E-state index is 0.0325. The Morgan fingerprint density at radius 3 is 2.74 bits per heavy atom. The molecule has 1 amide bonds. The number of aryl methyl sites for hydroxylation is 1. The molecule has 1 unspecified atom stereocenters. The van der Waals surface area contributed by atoms with Crippen LogP contribution in [0.4, 0.5) is 0 Å². The maximum absolute atomic E-state index is 11.8. The molecule has 2 aliphatic rings. The summed E-state index contributed by atoms with van der Waals surface area (Å²) in [5, 5.41) is 3.11. The van der Waals surface area contributed by atoms with E-state index in [1.54, 1.807) is 0 Å². The number of furan rings is 1. The lowest BCUT2D eigenvalue weighted by molar-refractivity contribution is -0.124. The summed E-state index contributed by atoms with van der Waals surface area (Å²) in [5.74, 6) is 2.16. The predicted molar refractivity (Wildman–Crippen MR) is 88.0 cm³/mol. The minimum atomic E-state index is -0.0372. The lowest BCUT2D eigenvalue weighted by atomic mass is 9.87. The van der Waals surface area contributed by atoms with Crippen molar-refractivity contribution in [2.24, 2.45) is 5.92 Å². The maximum Gasteiger partial charge on any atom is 0.222 e.